The van der Waals surface area contributed by atoms with Crippen LogP contribution in [0.25, 0.3) is 0 Å². The molecule has 1 aliphatic heterocycles. The van der Waals surface area contributed by atoms with Gasteiger partial charge in [-0.05, 0) is 31.6 Å². The summed E-state index contributed by atoms with van der Waals surface area (Å²) in [5.74, 6) is 1.40. The van der Waals surface area contributed by atoms with E-state index in [2.05, 4.69) is 25.8 Å². The van der Waals surface area contributed by atoms with Crippen LogP contribution in [0.5, 0.6) is 0 Å². The Morgan fingerprint density at radius 2 is 2.00 bits per heavy atom. The van der Waals surface area contributed by atoms with Crippen molar-refractivity contribution in [1.29, 1.82) is 0 Å². The van der Waals surface area contributed by atoms with Crippen molar-refractivity contribution in [3.05, 3.63) is 22.7 Å². The van der Waals surface area contributed by atoms with Crippen molar-refractivity contribution in [2.45, 2.75) is 31.7 Å². The van der Waals surface area contributed by atoms with Crippen LogP contribution in [0.2, 0.25) is 0 Å². The molecule has 2 heterocycles. The number of hydrogen-bond donors (Lipinski definition) is 0. The molecular weight excluding hydrogens is 294 g/mol. The number of alkyl halides is 1. The molecule has 1 aromatic rings. The molecule has 0 radical (unpaired) electrons. The van der Waals surface area contributed by atoms with Crippen molar-refractivity contribution in [1.82, 2.24) is 9.55 Å². The van der Waals surface area contributed by atoms with Crippen LogP contribution >= 0.6 is 15.9 Å². The van der Waals surface area contributed by atoms with Gasteiger partial charge in [-0.25, -0.2) is 4.98 Å². The maximum Gasteiger partial charge on any atom is 0.293 e. The van der Waals surface area contributed by atoms with Gasteiger partial charge in [0.2, 0.25) is 0 Å². The highest BCUT2D eigenvalue weighted by Crippen LogP contribution is 2.33. The Balaban J connectivity index is 1.80. The first-order valence-electron chi connectivity index (χ1n) is 6.67. The average molecular weight is 312 g/mol. The predicted octanol–water partition coefficient (Wildman–Crippen LogP) is 2.19. The molecule has 98 valence electrons. The fraction of sp³-hybridized carbons (Fsp3) is 0.692. The molecule has 1 saturated heterocycles. The highest BCUT2D eigenvalue weighted by molar-refractivity contribution is 9.09. The van der Waals surface area contributed by atoms with Crippen LogP contribution in [0.4, 0.5) is 5.82 Å². The first-order chi connectivity index (χ1) is 8.79. The molecule has 1 saturated carbocycles. The molecule has 5 heteroatoms. The van der Waals surface area contributed by atoms with Gasteiger partial charge in [-0.3, -0.25) is 4.79 Å². The van der Waals surface area contributed by atoms with E-state index in [0.717, 1.165) is 50.0 Å². The van der Waals surface area contributed by atoms with Crippen molar-refractivity contribution in [2.75, 3.05) is 23.3 Å². The molecule has 0 bridgehead atoms. The number of halogens is 1. The summed E-state index contributed by atoms with van der Waals surface area (Å²) in [6, 6.07) is 0.430. The highest BCUT2D eigenvalue weighted by Gasteiger charge is 2.27. The number of nitrogens with zero attached hydrogens (tertiary/aromatic N) is 3. The smallest absolute Gasteiger partial charge is 0.293 e. The molecule has 2 fully saturated rings. The first kappa shape index (κ1) is 12.2. The lowest BCUT2D eigenvalue weighted by atomic mass is 9.99. The standard InChI is InChI=1S/C13H18BrN3O/c14-9-10-3-6-16(7-4-10)12-13(18)17(8-5-15-12)11-1-2-11/h5,8,10-11H,1-4,6-7,9H2. The van der Waals surface area contributed by atoms with E-state index < -0.39 is 0 Å². The topological polar surface area (TPSA) is 38.1 Å². The number of anilines is 1. The zero-order chi connectivity index (χ0) is 12.5. The maximum atomic E-state index is 12.4. The molecule has 0 amide bonds. The molecule has 0 unspecified atom stereocenters. The third kappa shape index (κ3) is 2.32. The van der Waals surface area contributed by atoms with Crippen molar-refractivity contribution in [3.63, 3.8) is 0 Å². The molecule has 4 nitrogen and oxygen atoms in total. The Morgan fingerprint density at radius 3 is 2.61 bits per heavy atom. The summed E-state index contributed by atoms with van der Waals surface area (Å²) in [4.78, 5) is 18.8. The lowest BCUT2D eigenvalue weighted by molar-refractivity contribution is 0.443. The van der Waals surface area contributed by atoms with Gasteiger partial charge in [-0.2, -0.15) is 0 Å². The van der Waals surface area contributed by atoms with E-state index in [4.69, 9.17) is 0 Å². The molecule has 0 atom stereocenters. The van der Waals surface area contributed by atoms with E-state index >= 15 is 0 Å². The summed E-state index contributed by atoms with van der Waals surface area (Å²) in [7, 11) is 0. The molecule has 2 aliphatic rings. The number of hydrogen-bond acceptors (Lipinski definition) is 3. The Morgan fingerprint density at radius 1 is 1.28 bits per heavy atom. The van der Waals surface area contributed by atoms with Gasteiger partial charge in [0, 0.05) is 36.9 Å². The van der Waals surface area contributed by atoms with Crippen LogP contribution < -0.4 is 10.5 Å². The van der Waals surface area contributed by atoms with E-state index in [1.54, 1.807) is 6.20 Å². The van der Waals surface area contributed by atoms with Crippen molar-refractivity contribution >= 4 is 21.7 Å². The SMILES string of the molecule is O=c1c(N2CCC(CBr)CC2)nccn1C1CC1. The molecule has 3 rings (SSSR count). The summed E-state index contributed by atoms with van der Waals surface area (Å²) >= 11 is 3.54. The average Bonchev–Trinajstić information content (AvgIpc) is 3.24. The second-order valence-electron chi connectivity index (χ2n) is 5.28. The van der Waals surface area contributed by atoms with Gasteiger partial charge in [-0.1, -0.05) is 15.9 Å². The second-order valence-corrected chi connectivity index (χ2v) is 5.93. The van der Waals surface area contributed by atoms with Crippen LogP contribution in [0.3, 0.4) is 0 Å². The Hall–Kier alpha value is -0.840. The molecule has 0 aromatic carbocycles. The molecular formula is C13H18BrN3O. The zero-order valence-corrected chi connectivity index (χ0v) is 12.0. The van der Waals surface area contributed by atoms with Gasteiger partial charge in [-0.15, -0.1) is 0 Å². The first-order valence-corrected chi connectivity index (χ1v) is 7.80. The van der Waals surface area contributed by atoms with Crippen LogP contribution in [0.15, 0.2) is 17.2 Å². The zero-order valence-electron chi connectivity index (χ0n) is 10.4. The number of piperidine rings is 1. The minimum atomic E-state index is 0.0947. The second kappa shape index (κ2) is 5.03. The van der Waals surface area contributed by atoms with Gasteiger partial charge in [0.1, 0.15) is 0 Å². The van der Waals surface area contributed by atoms with Gasteiger partial charge < -0.3 is 9.47 Å². The lowest BCUT2D eigenvalue weighted by Crippen LogP contribution is -2.39. The number of aromatic nitrogens is 2. The largest absolute Gasteiger partial charge is 0.352 e. The third-order valence-electron chi connectivity index (χ3n) is 3.92. The minimum Gasteiger partial charge on any atom is -0.352 e. The van der Waals surface area contributed by atoms with Crippen molar-refractivity contribution in [2.24, 2.45) is 5.92 Å². The van der Waals surface area contributed by atoms with Gasteiger partial charge >= 0.3 is 0 Å². The quantitative estimate of drug-likeness (QED) is 0.803. The Labute approximate surface area is 115 Å². The summed E-state index contributed by atoms with van der Waals surface area (Å²) in [5.41, 5.74) is 0.0947. The normalized spacial score (nSPS) is 21.3. The summed E-state index contributed by atoms with van der Waals surface area (Å²) in [6.07, 6.45) is 8.15. The van der Waals surface area contributed by atoms with Crippen LogP contribution in [-0.4, -0.2) is 28.0 Å². The lowest BCUT2D eigenvalue weighted by Gasteiger charge is -2.31. The molecule has 1 aliphatic carbocycles. The van der Waals surface area contributed by atoms with E-state index in [1.807, 2.05) is 10.8 Å². The Bertz CT molecular complexity index is 475. The van der Waals surface area contributed by atoms with Crippen LogP contribution in [0, 0.1) is 5.92 Å². The van der Waals surface area contributed by atoms with Crippen LogP contribution in [-0.2, 0) is 0 Å². The Kier molecular flexibility index (Phi) is 3.41. The summed E-state index contributed by atoms with van der Waals surface area (Å²) in [6.45, 7) is 1.90. The fourth-order valence-electron chi connectivity index (χ4n) is 2.57. The van der Waals surface area contributed by atoms with Crippen LogP contribution in [0.1, 0.15) is 31.7 Å². The van der Waals surface area contributed by atoms with E-state index in [0.29, 0.717) is 11.9 Å². The predicted molar refractivity (Wildman–Crippen MR) is 75.5 cm³/mol. The minimum absolute atomic E-state index is 0.0947. The molecule has 0 spiro atoms. The van der Waals surface area contributed by atoms with Gasteiger partial charge in [0.05, 0.1) is 0 Å². The van der Waals surface area contributed by atoms with Crippen molar-refractivity contribution < 1.29 is 0 Å². The summed E-state index contributed by atoms with van der Waals surface area (Å²) < 4.78 is 1.86. The monoisotopic (exact) mass is 311 g/mol. The molecule has 1 aromatic heterocycles. The molecule has 0 N–H and O–H groups in total. The van der Waals surface area contributed by atoms with Gasteiger partial charge in [0.25, 0.3) is 5.56 Å². The van der Waals surface area contributed by atoms with Crippen molar-refractivity contribution in [3.8, 4) is 0 Å². The number of rotatable bonds is 3. The van der Waals surface area contributed by atoms with E-state index in [9.17, 15) is 4.79 Å². The summed E-state index contributed by atoms with van der Waals surface area (Å²) in [5, 5.41) is 1.06. The highest BCUT2D eigenvalue weighted by atomic mass is 79.9. The fourth-order valence-corrected chi connectivity index (χ4v) is 3.22. The van der Waals surface area contributed by atoms with E-state index in [1.165, 1.54) is 0 Å². The molecule has 18 heavy (non-hydrogen) atoms. The maximum absolute atomic E-state index is 12.4. The third-order valence-corrected chi connectivity index (χ3v) is 4.84. The van der Waals surface area contributed by atoms with Gasteiger partial charge in [0.15, 0.2) is 5.82 Å². The van der Waals surface area contributed by atoms with E-state index in [-0.39, 0.29) is 5.56 Å².